The van der Waals surface area contributed by atoms with Crippen molar-refractivity contribution in [2.45, 2.75) is 6.23 Å². The highest BCUT2D eigenvalue weighted by Crippen LogP contribution is 1.65. The lowest BCUT2D eigenvalue weighted by molar-refractivity contribution is -0.124. The van der Waals surface area contributed by atoms with Gasteiger partial charge in [-0.2, -0.15) is 0 Å². The molecule has 9 heavy (non-hydrogen) atoms. The normalized spacial score (nSPS) is 12.8. The molecule has 0 aliphatic rings. The van der Waals surface area contributed by atoms with Gasteiger partial charge in [-0.05, 0) is 0 Å². The molecule has 1 atom stereocenters. The molecule has 5 heteroatoms. The molecule has 0 radical (unpaired) electrons. The molecule has 0 aliphatic heterocycles. The van der Waals surface area contributed by atoms with Crippen LogP contribution >= 0.6 is 0 Å². The molecule has 5 nitrogen and oxygen atoms in total. The van der Waals surface area contributed by atoms with Crippen LogP contribution in [0, 0.1) is 0 Å². The first kappa shape index (κ1) is 8.35. The van der Waals surface area contributed by atoms with Crippen LogP contribution in [0.25, 0.3) is 0 Å². The molecule has 0 saturated heterocycles. The Hall–Kier alpha value is -0.650. The van der Waals surface area contributed by atoms with Gasteiger partial charge in [0.15, 0.2) is 0 Å². The third kappa shape index (κ3) is 5.22. The highest BCUT2D eigenvalue weighted by Gasteiger charge is 1.98. The molecule has 0 bridgehead atoms. The Bertz CT molecular complexity index is 93.8. The van der Waals surface area contributed by atoms with E-state index >= 15 is 0 Å². The topological polar surface area (TPSA) is 95.6 Å². The van der Waals surface area contributed by atoms with E-state index in [2.05, 4.69) is 5.32 Å². The number of hydrogen-bond acceptors (Lipinski definition) is 4. The first-order valence-corrected chi connectivity index (χ1v) is 2.48. The smallest absolute Gasteiger partial charge is 0.245 e. The van der Waals surface area contributed by atoms with Gasteiger partial charge in [-0.15, -0.1) is 0 Å². The Morgan fingerprint density at radius 2 is 2.33 bits per heavy atom. The lowest BCUT2D eigenvalue weighted by Gasteiger charge is -2.03. The minimum atomic E-state index is -1.06. The summed E-state index contributed by atoms with van der Waals surface area (Å²) in [6.45, 7) is -0.605. The van der Waals surface area contributed by atoms with Crippen LogP contribution < -0.4 is 11.1 Å². The summed E-state index contributed by atoms with van der Waals surface area (Å²) in [5.41, 5.74) is 4.85. The second-order valence-corrected chi connectivity index (χ2v) is 1.53. The van der Waals surface area contributed by atoms with Gasteiger partial charge in [0, 0.05) is 0 Å². The predicted molar refractivity (Wildman–Crippen MR) is 30.3 cm³/mol. The Morgan fingerprint density at radius 3 is 2.67 bits per heavy atom. The standard InChI is InChI=1S/C4H10N2O3/c5-3(8)1-6-4(9)2-7/h3,7-8H,1-2,5H2,(H,6,9). The molecule has 0 saturated carbocycles. The Labute approximate surface area is 52.5 Å². The van der Waals surface area contributed by atoms with E-state index in [1.54, 1.807) is 0 Å². The maximum absolute atomic E-state index is 10.2. The van der Waals surface area contributed by atoms with Gasteiger partial charge in [0.25, 0.3) is 0 Å². The van der Waals surface area contributed by atoms with Gasteiger partial charge in [-0.1, -0.05) is 0 Å². The molecular formula is C4H10N2O3. The average molecular weight is 134 g/mol. The van der Waals surface area contributed by atoms with Crippen molar-refractivity contribution in [2.75, 3.05) is 13.2 Å². The highest BCUT2D eigenvalue weighted by atomic mass is 16.3. The Kier molecular flexibility index (Phi) is 3.94. The number of nitrogens with two attached hydrogens (primary N) is 1. The van der Waals surface area contributed by atoms with Crippen LogP contribution in [-0.2, 0) is 4.79 Å². The van der Waals surface area contributed by atoms with Crippen molar-refractivity contribution in [3.05, 3.63) is 0 Å². The quantitative estimate of drug-likeness (QED) is 0.317. The van der Waals surface area contributed by atoms with Crippen molar-refractivity contribution >= 4 is 5.91 Å². The third-order valence-corrected chi connectivity index (χ3v) is 0.652. The average Bonchev–Trinajstić information content (AvgIpc) is 1.83. The van der Waals surface area contributed by atoms with Crippen molar-refractivity contribution in [2.24, 2.45) is 5.73 Å². The fourth-order valence-corrected chi connectivity index (χ4v) is 0.274. The molecule has 0 aromatic rings. The molecule has 0 aliphatic carbocycles. The number of aliphatic hydroxyl groups excluding tert-OH is 2. The van der Waals surface area contributed by atoms with E-state index in [4.69, 9.17) is 15.9 Å². The minimum Gasteiger partial charge on any atom is -0.387 e. The molecule has 0 aromatic heterocycles. The van der Waals surface area contributed by atoms with Crippen molar-refractivity contribution in [3.63, 3.8) is 0 Å². The van der Waals surface area contributed by atoms with Gasteiger partial charge in [0.2, 0.25) is 5.91 Å². The number of carbonyl (C=O) groups is 1. The fraction of sp³-hybridized carbons (Fsp3) is 0.750. The van der Waals surface area contributed by atoms with Crippen LogP contribution in [0.5, 0.6) is 0 Å². The zero-order valence-electron chi connectivity index (χ0n) is 4.87. The van der Waals surface area contributed by atoms with E-state index in [0.29, 0.717) is 0 Å². The first-order chi connectivity index (χ1) is 4.16. The zero-order chi connectivity index (χ0) is 7.28. The molecule has 0 rings (SSSR count). The van der Waals surface area contributed by atoms with Crippen LogP contribution in [0.2, 0.25) is 0 Å². The van der Waals surface area contributed by atoms with E-state index in [9.17, 15) is 4.79 Å². The van der Waals surface area contributed by atoms with Gasteiger partial charge < -0.3 is 21.3 Å². The van der Waals surface area contributed by atoms with Crippen LogP contribution in [-0.4, -0.2) is 35.5 Å². The van der Waals surface area contributed by atoms with Crippen LogP contribution in [0.15, 0.2) is 0 Å². The van der Waals surface area contributed by atoms with Gasteiger partial charge >= 0.3 is 0 Å². The maximum atomic E-state index is 10.2. The van der Waals surface area contributed by atoms with E-state index in [-0.39, 0.29) is 6.54 Å². The Balaban J connectivity index is 3.17. The molecule has 0 heterocycles. The minimum absolute atomic E-state index is 0.0284. The number of carbonyl (C=O) groups excluding carboxylic acids is 1. The molecule has 0 fully saturated rings. The molecule has 54 valence electrons. The molecule has 5 N–H and O–H groups in total. The van der Waals surface area contributed by atoms with Gasteiger partial charge in [0.1, 0.15) is 12.8 Å². The number of rotatable bonds is 3. The van der Waals surface area contributed by atoms with Crippen molar-refractivity contribution in [1.29, 1.82) is 0 Å². The van der Waals surface area contributed by atoms with E-state index in [1.807, 2.05) is 0 Å². The summed E-state index contributed by atoms with van der Waals surface area (Å²) >= 11 is 0. The van der Waals surface area contributed by atoms with Gasteiger partial charge in [0.05, 0.1) is 6.54 Å². The SMILES string of the molecule is NC(O)CNC(=O)CO. The van der Waals surface area contributed by atoms with Crippen LogP contribution in [0.1, 0.15) is 0 Å². The summed E-state index contributed by atoms with van der Waals surface area (Å²) in [5, 5.41) is 18.7. The van der Waals surface area contributed by atoms with E-state index in [0.717, 1.165) is 0 Å². The lowest BCUT2D eigenvalue weighted by Crippen LogP contribution is -2.38. The fourth-order valence-electron chi connectivity index (χ4n) is 0.274. The summed E-state index contributed by atoms with van der Waals surface area (Å²) in [7, 11) is 0. The summed E-state index contributed by atoms with van der Waals surface area (Å²) < 4.78 is 0. The summed E-state index contributed by atoms with van der Waals surface area (Å²) in [6, 6.07) is 0. The molecule has 0 spiro atoms. The maximum Gasteiger partial charge on any atom is 0.245 e. The largest absolute Gasteiger partial charge is 0.387 e. The number of aliphatic hydroxyl groups is 2. The van der Waals surface area contributed by atoms with Gasteiger partial charge in [-0.25, -0.2) is 0 Å². The van der Waals surface area contributed by atoms with E-state index in [1.165, 1.54) is 0 Å². The van der Waals surface area contributed by atoms with Crippen molar-refractivity contribution in [1.82, 2.24) is 5.32 Å². The summed E-state index contributed by atoms with van der Waals surface area (Å²) in [6.07, 6.45) is -1.06. The predicted octanol–water partition coefficient (Wildman–Crippen LogP) is -2.63. The second kappa shape index (κ2) is 4.25. The Morgan fingerprint density at radius 1 is 1.78 bits per heavy atom. The first-order valence-electron chi connectivity index (χ1n) is 2.48. The second-order valence-electron chi connectivity index (χ2n) is 1.53. The summed E-state index contributed by atoms with van der Waals surface area (Å²) in [4.78, 5) is 10.2. The van der Waals surface area contributed by atoms with E-state index < -0.39 is 18.7 Å². The number of nitrogens with one attached hydrogen (secondary N) is 1. The molecular weight excluding hydrogens is 124 g/mol. The highest BCUT2D eigenvalue weighted by molar-refractivity contribution is 5.76. The van der Waals surface area contributed by atoms with Crippen LogP contribution in [0.4, 0.5) is 0 Å². The van der Waals surface area contributed by atoms with Crippen molar-refractivity contribution in [3.8, 4) is 0 Å². The third-order valence-electron chi connectivity index (χ3n) is 0.652. The molecule has 1 unspecified atom stereocenters. The molecule has 0 aromatic carbocycles. The molecule has 1 amide bonds. The van der Waals surface area contributed by atoms with Crippen LogP contribution in [0.3, 0.4) is 0 Å². The van der Waals surface area contributed by atoms with Gasteiger partial charge in [-0.3, -0.25) is 4.79 Å². The monoisotopic (exact) mass is 134 g/mol. The lowest BCUT2D eigenvalue weighted by atomic mass is 10.5. The van der Waals surface area contributed by atoms with Crippen molar-refractivity contribution < 1.29 is 15.0 Å². The number of hydrogen-bond donors (Lipinski definition) is 4. The zero-order valence-corrected chi connectivity index (χ0v) is 4.87. The summed E-state index contributed by atoms with van der Waals surface area (Å²) in [5.74, 6) is -0.542. The number of amides is 1.